The summed E-state index contributed by atoms with van der Waals surface area (Å²) in [5, 5.41) is 0.235. The van der Waals surface area contributed by atoms with E-state index in [1.807, 2.05) is 65.8 Å². The molecule has 0 fully saturated rings. The summed E-state index contributed by atoms with van der Waals surface area (Å²) in [6.07, 6.45) is 0. The van der Waals surface area contributed by atoms with Crippen LogP contribution in [0.15, 0.2) is 103 Å². The van der Waals surface area contributed by atoms with Crippen molar-refractivity contribution in [1.29, 1.82) is 0 Å². The van der Waals surface area contributed by atoms with Crippen molar-refractivity contribution >= 4 is 23.5 Å². The van der Waals surface area contributed by atoms with Crippen molar-refractivity contribution in [2.24, 2.45) is 0 Å². The SMILES string of the molecule is Cc1cc(C)c(-c2ccccc2C(=O)P(=O)(C(=O)c2ccccc2-c2c(C)cc(C)cc2C)c2ccccc2)c(C)c1. The van der Waals surface area contributed by atoms with Crippen LogP contribution in [0.1, 0.15) is 54.1 Å². The van der Waals surface area contributed by atoms with Crippen LogP contribution < -0.4 is 5.30 Å². The maximum atomic E-state index is 15.3. The highest BCUT2D eigenvalue weighted by molar-refractivity contribution is 8.01. The molecule has 0 aliphatic heterocycles. The number of rotatable bonds is 7. The molecule has 42 heavy (non-hydrogen) atoms. The first kappa shape index (κ1) is 29.2. The summed E-state index contributed by atoms with van der Waals surface area (Å²) in [6.45, 7) is 12.1. The molecule has 0 aliphatic carbocycles. The van der Waals surface area contributed by atoms with E-state index in [0.717, 1.165) is 44.5 Å². The van der Waals surface area contributed by atoms with E-state index in [1.165, 1.54) is 0 Å². The topological polar surface area (TPSA) is 51.2 Å². The van der Waals surface area contributed by atoms with Gasteiger partial charge in [0, 0.05) is 16.4 Å². The van der Waals surface area contributed by atoms with Gasteiger partial charge < -0.3 is 4.57 Å². The minimum absolute atomic E-state index is 0.235. The van der Waals surface area contributed by atoms with Gasteiger partial charge in [-0.1, -0.05) is 114 Å². The fraction of sp³-hybridized carbons (Fsp3) is 0.158. The van der Waals surface area contributed by atoms with Gasteiger partial charge in [0.05, 0.1) is 0 Å². The van der Waals surface area contributed by atoms with Crippen molar-refractivity contribution in [1.82, 2.24) is 0 Å². The van der Waals surface area contributed by atoms with Crippen LogP contribution in [-0.4, -0.2) is 11.0 Å². The molecule has 0 heterocycles. The highest BCUT2D eigenvalue weighted by Crippen LogP contribution is 2.53. The van der Waals surface area contributed by atoms with Gasteiger partial charge in [0.1, 0.15) is 0 Å². The first-order valence-corrected chi connectivity index (χ1v) is 15.8. The van der Waals surface area contributed by atoms with Gasteiger partial charge in [-0.3, -0.25) is 9.59 Å². The number of hydrogen-bond donors (Lipinski definition) is 0. The lowest BCUT2D eigenvalue weighted by atomic mass is 9.91. The minimum atomic E-state index is -4.35. The molecule has 5 aromatic carbocycles. The van der Waals surface area contributed by atoms with Crippen molar-refractivity contribution in [2.45, 2.75) is 41.5 Å². The molecule has 4 heteroatoms. The Bertz CT molecular complexity index is 1740. The average Bonchev–Trinajstić information content (AvgIpc) is 2.96. The zero-order chi connectivity index (χ0) is 30.2. The summed E-state index contributed by atoms with van der Waals surface area (Å²) in [6, 6.07) is 31.2. The average molecular weight is 571 g/mol. The molecule has 3 nitrogen and oxygen atoms in total. The molecule has 210 valence electrons. The number of benzene rings is 5. The Balaban J connectivity index is 1.75. The molecule has 5 rings (SSSR count). The highest BCUT2D eigenvalue weighted by atomic mass is 31.2. The lowest BCUT2D eigenvalue weighted by Gasteiger charge is -2.22. The summed E-state index contributed by atoms with van der Waals surface area (Å²) in [5.41, 5.74) is 8.79. The summed E-state index contributed by atoms with van der Waals surface area (Å²) < 4.78 is 15.3. The Labute approximate surface area is 248 Å². The van der Waals surface area contributed by atoms with Crippen LogP contribution >= 0.6 is 7.14 Å². The summed E-state index contributed by atoms with van der Waals surface area (Å²) >= 11 is 0. The molecule has 0 unspecified atom stereocenters. The molecule has 0 bridgehead atoms. The highest BCUT2D eigenvalue weighted by Gasteiger charge is 2.44. The Kier molecular flexibility index (Phi) is 7.99. The fourth-order valence-corrected chi connectivity index (χ4v) is 8.60. The van der Waals surface area contributed by atoms with Crippen LogP contribution in [0, 0.1) is 41.5 Å². The third kappa shape index (κ3) is 5.10. The summed E-state index contributed by atoms with van der Waals surface area (Å²) in [7, 11) is -4.35. The maximum absolute atomic E-state index is 15.3. The van der Waals surface area contributed by atoms with Gasteiger partial charge in [0.2, 0.25) is 18.2 Å². The van der Waals surface area contributed by atoms with E-state index in [2.05, 4.69) is 24.3 Å². The zero-order valence-corrected chi connectivity index (χ0v) is 25.9. The van der Waals surface area contributed by atoms with Crippen LogP contribution in [0.5, 0.6) is 0 Å². The van der Waals surface area contributed by atoms with Gasteiger partial charge in [-0.2, -0.15) is 0 Å². The van der Waals surface area contributed by atoms with Gasteiger partial charge in [-0.15, -0.1) is 0 Å². The van der Waals surface area contributed by atoms with E-state index in [4.69, 9.17) is 0 Å². The molecule has 0 aliphatic rings. The third-order valence-corrected chi connectivity index (χ3v) is 10.6. The van der Waals surface area contributed by atoms with Crippen LogP contribution in [0.3, 0.4) is 0 Å². The van der Waals surface area contributed by atoms with Gasteiger partial charge in [0.25, 0.3) is 0 Å². The predicted molar refractivity (Wildman–Crippen MR) is 175 cm³/mol. The molecule has 0 spiro atoms. The Morgan fingerprint density at radius 1 is 0.476 bits per heavy atom. The molecule has 5 aromatic rings. The van der Waals surface area contributed by atoms with Crippen LogP contribution in [0.4, 0.5) is 0 Å². The van der Waals surface area contributed by atoms with E-state index in [9.17, 15) is 9.59 Å². The maximum Gasteiger partial charge on any atom is 0.248 e. The first-order chi connectivity index (χ1) is 20.0. The molecular weight excluding hydrogens is 535 g/mol. The normalized spacial score (nSPS) is 11.4. The second kappa shape index (κ2) is 11.5. The number of carbonyl (C=O) groups excluding carboxylic acids is 2. The van der Waals surface area contributed by atoms with Gasteiger partial charge in [-0.25, -0.2) is 0 Å². The third-order valence-electron chi connectivity index (χ3n) is 7.90. The van der Waals surface area contributed by atoms with Crippen molar-refractivity contribution in [3.05, 3.63) is 148 Å². The lowest BCUT2D eigenvalue weighted by Crippen LogP contribution is -2.21. The Morgan fingerprint density at radius 3 is 1.19 bits per heavy atom. The van der Waals surface area contributed by atoms with Crippen LogP contribution in [-0.2, 0) is 4.57 Å². The predicted octanol–water partition coefficient (Wildman–Crippen LogP) is 9.54. The largest absolute Gasteiger partial charge is 0.302 e. The fourth-order valence-electron chi connectivity index (χ4n) is 6.29. The summed E-state index contributed by atoms with van der Waals surface area (Å²) in [4.78, 5) is 29.4. The number of aryl methyl sites for hydroxylation is 6. The molecule has 0 saturated heterocycles. The van der Waals surface area contributed by atoms with Crippen molar-refractivity contribution in [3.63, 3.8) is 0 Å². The second-order valence-corrected chi connectivity index (χ2v) is 13.7. The second-order valence-electron chi connectivity index (χ2n) is 11.2. The van der Waals surface area contributed by atoms with E-state index in [-0.39, 0.29) is 16.4 Å². The number of hydrogen-bond acceptors (Lipinski definition) is 3. The monoisotopic (exact) mass is 570 g/mol. The first-order valence-electron chi connectivity index (χ1n) is 14.1. The standard InChI is InChI=1S/C38H35O3P/c1-24-20-26(3)35(27(4)21-24)31-16-10-12-18-33(31)37(39)42(41,30-14-8-7-9-15-30)38(40)34-19-13-11-17-32(34)36-28(5)22-25(2)23-29(36)6/h7-23H,1-6H3. The molecule has 0 aromatic heterocycles. The van der Waals surface area contributed by atoms with E-state index < -0.39 is 18.2 Å². The van der Waals surface area contributed by atoms with Crippen molar-refractivity contribution in [2.75, 3.05) is 0 Å². The van der Waals surface area contributed by atoms with Crippen LogP contribution in [0.2, 0.25) is 0 Å². The van der Waals surface area contributed by atoms with Crippen LogP contribution in [0.25, 0.3) is 22.3 Å². The lowest BCUT2D eigenvalue weighted by molar-refractivity contribution is 0.104. The zero-order valence-electron chi connectivity index (χ0n) is 25.0. The molecule has 0 amide bonds. The minimum Gasteiger partial charge on any atom is -0.302 e. The Hall–Kier alpha value is -4.33. The quantitative estimate of drug-likeness (QED) is 0.183. The van der Waals surface area contributed by atoms with E-state index >= 15 is 4.57 Å². The van der Waals surface area contributed by atoms with Crippen molar-refractivity contribution < 1.29 is 14.2 Å². The van der Waals surface area contributed by atoms with E-state index in [0.29, 0.717) is 11.1 Å². The molecule has 0 radical (unpaired) electrons. The van der Waals surface area contributed by atoms with Gasteiger partial charge in [-0.05, 0) is 86.1 Å². The molecule has 0 atom stereocenters. The molecule has 0 N–H and O–H groups in total. The summed E-state index contributed by atoms with van der Waals surface area (Å²) in [5.74, 6) is 0. The smallest absolute Gasteiger partial charge is 0.248 e. The van der Waals surface area contributed by atoms with E-state index in [1.54, 1.807) is 54.6 Å². The number of carbonyl (C=O) groups is 2. The Morgan fingerprint density at radius 2 is 0.810 bits per heavy atom. The van der Waals surface area contributed by atoms with Gasteiger partial charge in [0.15, 0.2) is 0 Å². The molecule has 0 saturated carbocycles. The van der Waals surface area contributed by atoms with Gasteiger partial charge >= 0.3 is 0 Å². The van der Waals surface area contributed by atoms with Crippen molar-refractivity contribution in [3.8, 4) is 22.3 Å². The molecular formula is C38H35O3P.